The molecule has 2 saturated heterocycles. The van der Waals surface area contributed by atoms with Crippen LogP contribution in [0.4, 0.5) is 0 Å². The van der Waals surface area contributed by atoms with Crippen LogP contribution in [0, 0.1) is 0 Å². The van der Waals surface area contributed by atoms with Crippen molar-refractivity contribution in [3.05, 3.63) is 0 Å². The number of nitrogens with zero attached hydrogens (tertiary/aromatic N) is 1. The van der Waals surface area contributed by atoms with E-state index in [4.69, 9.17) is 18.9 Å². The van der Waals surface area contributed by atoms with Crippen molar-refractivity contribution < 1.29 is 38.7 Å². The Labute approximate surface area is 337 Å². The predicted octanol–water partition coefficient (Wildman–Crippen LogP) is 10.4. The fourth-order valence-electron chi connectivity index (χ4n) is 8.22. The van der Waals surface area contributed by atoms with Gasteiger partial charge in [-0.05, 0) is 32.2 Å². The Morgan fingerprint density at radius 3 is 1.22 bits per heavy atom. The monoisotopic (exact) mass is 782 g/mol. The van der Waals surface area contributed by atoms with E-state index in [1.54, 1.807) is 0 Å². The largest absolute Gasteiger partial charge is 0.457 e. The van der Waals surface area contributed by atoms with Crippen LogP contribution in [-0.2, 0) is 28.5 Å². The number of esters is 2. The topological polar surface area (TPSA) is 115 Å². The molecule has 2 aliphatic rings. The zero-order chi connectivity index (χ0) is 39.8. The molecule has 0 spiro atoms. The molecule has 0 aromatic rings. The number of carbonyl (C=O) groups is 2. The van der Waals surface area contributed by atoms with Crippen LogP contribution in [0.2, 0.25) is 0 Å². The van der Waals surface area contributed by atoms with Crippen molar-refractivity contribution in [2.24, 2.45) is 0 Å². The van der Waals surface area contributed by atoms with Crippen molar-refractivity contribution in [3.63, 3.8) is 0 Å². The van der Waals surface area contributed by atoms with Gasteiger partial charge in [-0.15, -0.1) is 0 Å². The lowest BCUT2D eigenvalue weighted by Gasteiger charge is -2.27. The van der Waals surface area contributed by atoms with E-state index >= 15 is 0 Å². The average Bonchev–Trinajstić information content (AvgIpc) is 3.75. The highest BCUT2D eigenvalue weighted by Gasteiger charge is 2.51. The van der Waals surface area contributed by atoms with Gasteiger partial charge in [0.25, 0.3) is 0 Å². The van der Waals surface area contributed by atoms with Crippen LogP contribution in [-0.4, -0.2) is 96.5 Å². The number of hydrogen-bond donors (Lipinski definition) is 2. The van der Waals surface area contributed by atoms with Crippen molar-refractivity contribution in [2.75, 3.05) is 32.8 Å². The van der Waals surface area contributed by atoms with Gasteiger partial charge in [-0.3, -0.25) is 14.5 Å². The number of carbonyl (C=O) groups excluding carboxylic acids is 2. The van der Waals surface area contributed by atoms with Crippen LogP contribution in [0.1, 0.15) is 213 Å². The predicted molar refractivity (Wildman–Crippen MR) is 223 cm³/mol. The highest BCUT2D eigenvalue weighted by molar-refractivity contribution is 5.70. The smallest absolute Gasteiger partial charge is 0.306 e. The van der Waals surface area contributed by atoms with E-state index in [0.29, 0.717) is 32.5 Å². The van der Waals surface area contributed by atoms with Crippen molar-refractivity contribution in [1.29, 1.82) is 0 Å². The van der Waals surface area contributed by atoms with Crippen molar-refractivity contribution >= 4 is 11.9 Å². The van der Waals surface area contributed by atoms with Gasteiger partial charge in [0.2, 0.25) is 0 Å². The molecule has 2 rings (SSSR count). The molecule has 55 heavy (non-hydrogen) atoms. The summed E-state index contributed by atoms with van der Waals surface area (Å²) in [4.78, 5) is 27.0. The molecule has 0 saturated carbocycles. The van der Waals surface area contributed by atoms with Crippen LogP contribution in [0.15, 0.2) is 0 Å². The second-order valence-electron chi connectivity index (χ2n) is 16.9. The molecule has 9 nitrogen and oxygen atoms in total. The first-order valence-electron chi connectivity index (χ1n) is 23.6. The lowest BCUT2D eigenvalue weighted by molar-refractivity contribution is -0.155. The molecule has 0 aromatic carbocycles. The molecule has 2 unspecified atom stereocenters. The van der Waals surface area contributed by atoms with Gasteiger partial charge in [0.05, 0.1) is 25.4 Å². The summed E-state index contributed by atoms with van der Waals surface area (Å²) in [7, 11) is 0. The van der Waals surface area contributed by atoms with E-state index in [1.165, 1.54) is 128 Å². The van der Waals surface area contributed by atoms with Crippen LogP contribution in [0.3, 0.4) is 0 Å². The number of unbranched alkanes of at least 4 members (excludes halogenated alkanes) is 22. The fraction of sp³-hybridized carbons (Fsp3) is 0.957. The summed E-state index contributed by atoms with van der Waals surface area (Å²) in [5.41, 5.74) is 0. The second kappa shape index (κ2) is 33.7. The Balaban J connectivity index is 1.69. The highest BCUT2D eigenvalue weighted by Crippen LogP contribution is 2.31. The maximum Gasteiger partial charge on any atom is 0.306 e. The number of ether oxygens (including phenoxy) is 4. The Hall–Kier alpha value is -1.26. The van der Waals surface area contributed by atoms with Crippen LogP contribution in [0.25, 0.3) is 0 Å². The minimum atomic E-state index is -0.516. The van der Waals surface area contributed by atoms with E-state index in [1.807, 2.05) is 6.92 Å². The molecule has 0 radical (unpaired) electrons. The molecular formula is C46H87NO8. The van der Waals surface area contributed by atoms with Crippen LogP contribution in [0.5, 0.6) is 0 Å². The molecule has 2 N–H and O–H groups in total. The minimum Gasteiger partial charge on any atom is -0.457 e. The first kappa shape index (κ1) is 49.9. The first-order valence-corrected chi connectivity index (χ1v) is 23.6. The van der Waals surface area contributed by atoms with Gasteiger partial charge in [-0.25, -0.2) is 0 Å². The molecule has 6 atom stereocenters. The third kappa shape index (κ3) is 25.0. The Morgan fingerprint density at radius 2 is 0.855 bits per heavy atom. The van der Waals surface area contributed by atoms with Gasteiger partial charge in [-0.1, -0.05) is 175 Å². The summed E-state index contributed by atoms with van der Waals surface area (Å²) in [5.74, 6) is -0.568. The van der Waals surface area contributed by atoms with E-state index in [0.717, 1.165) is 44.9 Å². The van der Waals surface area contributed by atoms with Crippen molar-refractivity contribution in [2.45, 2.75) is 250 Å². The summed E-state index contributed by atoms with van der Waals surface area (Å²) < 4.78 is 23.0. The highest BCUT2D eigenvalue weighted by atomic mass is 16.7. The van der Waals surface area contributed by atoms with Gasteiger partial charge in [0.1, 0.15) is 12.2 Å². The van der Waals surface area contributed by atoms with Gasteiger partial charge in [0, 0.05) is 25.9 Å². The Bertz CT molecular complexity index is 884. The van der Waals surface area contributed by atoms with E-state index in [-0.39, 0.29) is 31.6 Å². The molecule has 2 heterocycles. The summed E-state index contributed by atoms with van der Waals surface area (Å²) in [6.45, 7) is 8.57. The molecule has 0 aromatic heterocycles. The lowest BCUT2D eigenvalue weighted by Crippen LogP contribution is -2.39. The number of fused-ring (bicyclic) bond motifs is 1. The number of aliphatic hydroxyl groups excluding tert-OH is 2. The lowest BCUT2D eigenvalue weighted by atomic mass is 10.0. The van der Waals surface area contributed by atoms with Crippen LogP contribution < -0.4 is 0 Å². The average molecular weight is 782 g/mol. The summed E-state index contributed by atoms with van der Waals surface area (Å²) in [6, 6.07) is 0. The number of rotatable bonds is 38. The number of aliphatic hydroxyl groups is 2. The molecular weight excluding hydrogens is 695 g/mol. The van der Waals surface area contributed by atoms with E-state index < -0.39 is 36.6 Å². The fourth-order valence-corrected chi connectivity index (χ4v) is 8.22. The molecule has 0 bridgehead atoms. The van der Waals surface area contributed by atoms with Crippen molar-refractivity contribution in [3.8, 4) is 0 Å². The maximum atomic E-state index is 12.9. The third-order valence-electron chi connectivity index (χ3n) is 11.6. The molecule has 9 heteroatoms. The van der Waals surface area contributed by atoms with Gasteiger partial charge in [0.15, 0.2) is 12.2 Å². The normalized spacial score (nSPS) is 20.5. The zero-order valence-electron chi connectivity index (χ0n) is 36.0. The standard InChI is InChI=1S/C46H87NO8/c1-4-7-9-11-13-15-17-19-21-23-25-27-31-39(48)35-47(36-40(49)32-28-26-24-22-20-18-16-14-12-10-8-5-2)34-29-33-44(51)55-42-38-53-45-41(37-52-46(42)45)54-43(50)30-6-3/h39-42,45-46,48-49H,4-38H2,1-3H3/t39?,40?,41-,42+,45+,46+/m0/s1. The number of hydrogen-bond acceptors (Lipinski definition) is 9. The molecule has 0 aliphatic carbocycles. The Morgan fingerprint density at radius 1 is 0.509 bits per heavy atom. The molecule has 0 amide bonds. The SMILES string of the molecule is CCCCCCCCCCCCCCC(O)CN(CCCC(=O)O[C@@H]1CO[C@H]2[C@@H]1OC[C@@H]2OC(=O)CCC)CC(O)CCCCCCCCCCCCCC. The first-order chi connectivity index (χ1) is 26.9. The summed E-state index contributed by atoms with van der Waals surface area (Å²) in [5, 5.41) is 22.0. The molecule has 2 fully saturated rings. The maximum absolute atomic E-state index is 12.9. The summed E-state index contributed by atoms with van der Waals surface area (Å²) in [6.07, 6.45) is 31.8. The molecule has 324 valence electrons. The van der Waals surface area contributed by atoms with Crippen LogP contribution >= 0.6 is 0 Å². The zero-order valence-corrected chi connectivity index (χ0v) is 36.0. The summed E-state index contributed by atoms with van der Waals surface area (Å²) >= 11 is 0. The van der Waals surface area contributed by atoms with Crippen molar-refractivity contribution in [1.82, 2.24) is 4.90 Å². The quantitative estimate of drug-likeness (QED) is 0.0467. The second-order valence-corrected chi connectivity index (χ2v) is 16.9. The minimum absolute atomic E-state index is 0.228. The van der Waals surface area contributed by atoms with E-state index in [2.05, 4.69) is 18.7 Å². The van der Waals surface area contributed by atoms with Gasteiger partial charge < -0.3 is 29.2 Å². The molecule has 2 aliphatic heterocycles. The van der Waals surface area contributed by atoms with Gasteiger partial charge >= 0.3 is 11.9 Å². The Kier molecular flexibility index (Phi) is 30.6. The van der Waals surface area contributed by atoms with E-state index in [9.17, 15) is 19.8 Å². The third-order valence-corrected chi connectivity index (χ3v) is 11.6. The van der Waals surface area contributed by atoms with Gasteiger partial charge in [-0.2, -0.15) is 0 Å².